The van der Waals surface area contributed by atoms with Gasteiger partial charge in [0.2, 0.25) is 0 Å². The molecule has 0 aromatic rings. The van der Waals surface area contributed by atoms with Gasteiger partial charge < -0.3 is 4.90 Å². The molecule has 0 bridgehead atoms. The fourth-order valence-electron chi connectivity index (χ4n) is 1.11. The minimum atomic E-state index is 0.395. The third kappa shape index (κ3) is 5.02. The van der Waals surface area contributed by atoms with E-state index in [1.165, 1.54) is 6.54 Å². The van der Waals surface area contributed by atoms with Crippen molar-refractivity contribution in [1.82, 2.24) is 4.90 Å². The van der Waals surface area contributed by atoms with Gasteiger partial charge in [0.25, 0.3) is 0 Å². The van der Waals surface area contributed by atoms with Crippen LogP contribution >= 0.6 is 15.9 Å². The summed E-state index contributed by atoms with van der Waals surface area (Å²) in [5, 5.41) is 1.09. The molecule has 0 aliphatic heterocycles. The van der Waals surface area contributed by atoms with Crippen LogP contribution in [0.2, 0.25) is 0 Å². The van der Waals surface area contributed by atoms with Crippen LogP contribution in [0.4, 0.5) is 0 Å². The summed E-state index contributed by atoms with van der Waals surface area (Å²) in [5.74, 6) is 0.722. The van der Waals surface area contributed by atoms with Crippen molar-refractivity contribution in [3.8, 4) is 0 Å². The molecule has 1 unspecified atom stereocenters. The molecule has 0 radical (unpaired) electrons. The summed E-state index contributed by atoms with van der Waals surface area (Å²) in [4.78, 5) is 2.41. The summed E-state index contributed by atoms with van der Waals surface area (Å²) in [7, 11) is 2.20. The van der Waals surface area contributed by atoms with Gasteiger partial charge in [-0.3, -0.25) is 0 Å². The molecule has 0 rings (SSSR count). The van der Waals surface area contributed by atoms with Crippen LogP contribution in [0, 0.1) is 11.3 Å². The van der Waals surface area contributed by atoms with Crippen molar-refractivity contribution < 1.29 is 0 Å². The predicted octanol–water partition coefficient (Wildman–Crippen LogP) is 3.38. The summed E-state index contributed by atoms with van der Waals surface area (Å²) in [6.45, 7) is 12.6. The normalized spacial score (nSPS) is 15.5. The topological polar surface area (TPSA) is 3.24 Å². The van der Waals surface area contributed by atoms with E-state index in [1.54, 1.807) is 0 Å². The number of hydrogen-bond donors (Lipinski definition) is 0. The number of alkyl halides is 1. The molecule has 0 saturated carbocycles. The van der Waals surface area contributed by atoms with E-state index in [9.17, 15) is 0 Å². The third-order valence-corrected chi connectivity index (χ3v) is 3.58. The molecule has 0 aromatic carbocycles. The van der Waals surface area contributed by atoms with Gasteiger partial charge in [-0.15, -0.1) is 0 Å². The first-order valence-electron chi connectivity index (χ1n) is 5.05. The standard InChI is InChI=1S/C11H24BrN/c1-9(2)13(6)8-10(7-12)11(3,4)5/h9-10H,7-8H2,1-6H3. The van der Waals surface area contributed by atoms with Crippen molar-refractivity contribution in [1.29, 1.82) is 0 Å². The lowest BCUT2D eigenvalue weighted by Gasteiger charge is -2.34. The lowest BCUT2D eigenvalue weighted by atomic mass is 9.81. The van der Waals surface area contributed by atoms with Crippen molar-refractivity contribution in [2.45, 2.75) is 40.7 Å². The zero-order valence-electron chi connectivity index (χ0n) is 9.89. The molecule has 0 aliphatic carbocycles. The second-order valence-corrected chi connectivity index (χ2v) is 5.90. The third-order valence-electron chi connectivity index (χ3n) is 2.80. The fraction of sp³-hybridized carbons (Fsp3) is 1.00. The molecule has 2 heteroatoms. The molecular weight excluding hydrogens is 226 g/mol. The van der Waals surface area contributed by atoms with Gasteiger partial charge in [0.15, 0.2) is 0 Å². The van der Waals surface area contributed by atoms with Gasteiger partial charge >= 0.3 is 0 Å². The number of rotatable bonds is 4. The Labute approximate surface area is 92.0 Å². The van der Waals surface area contributed by atoms with E-state index in [0.29, 0.717) is 11.5 Å². The Bertz CT molecular complexity index is 138. The second kappa shape index (κ2) is 5.35. The van der Waals surface area contributed by atoms with Crippen molar-refractivity contribution in [2.24, 2.45) is 11.3 Å². The highest BCUT2D eigenvalue weighted by Gasteiger charge is 2.25. The van der Waals surface area contributed by atoms with Crippen molar-refractivity contribution in [3.63, 3.8) is 0 Å². The van der Waals surface area contributed by atoms with E-state index >= 15 is 0 Å². The van der Waals surface area contributed by atoms with Crippen LogP contribution in [0.3, 0.4) is 0 Å². The molecule has 0 saturated heterocycles. The van der Waals surface area contributed by atoms with Crippen LogP contribution in [0.25, 0.3) is 0 Å². The molecule has 0 heterocycles. The van der Waals surface area contributed by atoms with E-state index in [2.05, 4.69) is 62.5 Å². The summed E-state index contributed by atoms with van der Waals surface area (Å²) in [6, 6.07) is 0.642. The Morgan fingerprint density at radius 2 is 1.69 bits per heavy atom. The Kier molecular flexibility index (Phi) is 5.53. The average Bonchev–Trinajstić information content (AvgIpc) is 1.96. The molecule has 1 atom stereocenters. The van der Waals surface area contributed by atoms with Gasteiger partial charge in [-0.1, -0.05) is 36.7 Å². The van der Waals surface area contributed by atoms with Crippen molar-refractivity contribution >= 4 is 15.9 Å². The van der Waals surface area contributed by atoms with Crippen LogP contribution in [0.15, 0.2) is 0 Å². The van der Waals surface area contributed by atoms with Crippen LogP contribution in [0.5, 0.6) is 0 Å². The number of halogens is 1. The van der Waals surface area contributed by atoms with Gasteiger partial charge in [-0.25, -0.2) is 0 Å². The summed E-state index contributed by atoms with van der Waals surface area (Å²) in [5.41, 5.74) is 0.395. The van der Waals surface area contributed by atoms with Gasteiger partial charge in [0.1, 0.15) is 0 Å². The summed E-state index contributed by atoms with van der Waals surface area (Å²) < 4.78 is 0. The first kappa shape index (κ1) is 13.4. The quantitative estimate of drug-likeness (QED) is 0.691. The highest BCUT2D eigenvalue weighted by molar-refractivity contribution is 9.09. The van der Waals surface area contributed by atoms with E-state index < -0.39 is 0 Å². The van der Waals surface area contributed by atoms with E-state index in [1.807, 2.05) is 0 Å². The Balaban J connectivity index is 4.14. The predicted molar refractivity (Wildman–Crippen MR) is 64.5 cm³/mol. The van der Waals surface area contributed by atoms with Gasteiger partial charge in [-0.05, 0) is 32.2 Å². The molecule has 1 nitrogen and oxygen atoms in total. The minimum Gasteiger partial charge on any atom is -0.304 e. The zero-order valence-corrected chi connectivity index (χ0v) is 11.5. The molecule has 80 valence electrons. The highest BCUT2D eigenvalue weighted by atomic mass is 79.9. The maximum absolute atomic E-state index is 3.60. The molecule has 13 heavy (non-hydrogen) atoms. The van der Waals surface area contributed by atoms with Gasteiger partial charge in [0, 0.05) is 17.9 Å². The monoisotopic (exact) mass is 249 g/mol. The van der Waals surface area contributed by atoms with Crippen molar-refractivity contribution in [2.75, 3.05) is 18.9 Å². The maximum Gasteiger partial charge on any atom is 0.00768 e. The van der Waals surface area contributed by atoms with E-state index in [4.69, 9.17) is 0 Å². The molecular formula is C11H24BrN. The van der Waals surface area contributed by atoms with E-state index in [0.717, 1.165) is 11.2 Å². The van der Waals surface area contributed by atoms with E-state index in [-0.39, 0.29) is 0 Å². The zero-order chi connectivity index (χ0) is 10.6. The van der Waals surface area contributed by atoms with Crippen LogP contribution < -0.4 is 0 Å². The molecule has 0 amide bonds. The smallest absolute Gasteiger partial charge is 0.00768 e. The first-order valence-corrected chi connectivity index (χ1v) is 6.17. The fourth-order valence-corrected chi connectivity index (χ4v) is 2.29. The second-order valence-electron chi connectivity index (χ2n) is 5.25. The van der Waals surface area contributed by atoms with Gasteiger partial charge in [-0.2, -0.15) is 0 Å². The molecule has 0 fully saturated rings. The lowest BCUT2D eigenvalue weighted by Crippen LogP contribution is -2.37. The first-order chi connectivity index (χ1) is 5.79. The van der Waals surface area contributed by atoms with Crippen LogP contribution in [-0.4, -0.2) is 29.9 Å². The molecule has 0 aliphatic rings. The van der Waals surface area contributed by atoms with Crippen LogP contribution in [-0.2, 0) is 0 Å². The molecule has 0 spiro atoms. The number of nitrogens with zero attached hydrogens (tertiary/aromatic N) is 1. The summed E-state index contributed by atoms with van der Waals surface area (Å²) in [6.07, 6.45) is 0. The number of hydrogen-bond acceptors (Lipinski definition) is 1. The summed E-state index contributed by atoms with van der Waals surface area (Å²) >= 11 is 3.60. The maximum atomic E-state index is 3.60. The molecule has 0 N–H and O–H groups in total. The average molecular weight is 250 g/mol. The van der Waals surface area contributed by atoms with Crippen LogP contribution in [0.1, 0.15) is 34.6 Å². The Morgan fingerprint density at radius 3 is 1.92 bits per heavy atom. The Morgan fingerprint density at radius 1 is 1.23 bits per heavy atom. The largest absolute Gasteiger partial charge is 0.304 e. The Hall–Kier alpha value is 0.440. The van der Waals surface area contributed by atoms with Crippen molar-refractivity contribution in [3.05, 3.63) is 0 Å². The molecule has 0 aromatic heterocycles. The highest BCUT2D eigenvalue weighted by Crippen LogP contribution is 2.28. The minimum absolute atomic E-state index is 0.395. The SMILES string of the molecule is CC(C)N(C)CC(CBr)C(C)(C)C. The lowest BCUT2D eigenvalue weighted by molar-refractivity contribution is 0.165. The van der Waals surface area contributed by atoms with Gasteiger partial charge in [0.05, 0.1) is 0 Å².